The number of rotatable bonds is 2. The maximum atomic E-state index is 4.26. The number of hydrogen-bond donors (Lipinski definition) is 0. The Labute approximate surface area is 78.2 Å². The summed E-state index contributed by atoms with van der Waals surface area (Å²) in [5, 5.41) is 5.50. The van der Waals surface area contributed by atoms with Gasteiger partial charge in [0.05, 0.1) is 11.7 Å². The number of hydrogen-bond acceptors (Lipinski definition) is 1. The molecule has 0 aliphatic rings. The Morgan fingerprint density at radius 1 is 1.38 bits per heavy atom. The van der Waals surface area contributed by atoms with Crippen molar-refractivity contribution in [1.82, 2.24) is 9.78 Å². The van der Waals surface area contributed by atoms with E-state index in [1.807, 2.05) is 17.9 Å². The van der Waals surface area contributed by atoms with Crippen molar-refractivity contribution < 1.29 is 0 Å². The van der Waals surface area contributed by atoms with Gasteiger partial charge in [0.25, 0.3) is 0 Å². The lowest BCUT2D eigenvalue weighted by atomic mass is 10.1. The summed E-state index contributed by atoms with van der Waals surface area (Å²) in [6.07, 6.45) is 4.25. The third-order valence-electron chi connectivity index (χ3n) is 2.36. The van der Waals surface area contributed by atoms with Gasteiger partial charge < -0.3 is 0 Å². The van der Waals surface area contributed by atoms with E-state index in [1.165, 1.54) is 22.9 Å². The van der Waals surface area contributed by atoms with Gasteiger partial charge in [-0.05, 0) is 12.0 Å². The predicted molar refractivity (Wildman–Crippen MR) is 54.7 cm³/mol. The zero-order chi connectivity index (χ0) is 9.26. The lowest BCUT2D eigenvalue weighted by Crippen LogP contribution is -1.93. The van der Waals surface area contributed by atoms with Crippen molar-refractivity contribution >= 4 is 10.9 Å². The van der Waals surface area contributed by atoms with Crippen LogP contribution in [0, 0.1) is 0 Å². The van der Waals surface area contributed by atoms with Crippen molar-refractivity contribution in [2.45, 2.75) is 19.8 Å². The van der Waals surface area contributed by atoms with E-state index >= 15 is 0 Å². The molecule has 0 amide bonds. The fraction of sp³-hybridized carbons (Fsp3) is 0.364. The van der Waals surface area contributed by atoms with E-state index < -0.39 is 0 Å². The van der Waals surface area contributed by atoms with Crippen LogP contribution in [-0.2, 0) is 13.5 Å². The van der Waals surface area contributed by atoms with E-state index in [0.29, 0.717) is 0 Å². The van der Waals surface area contributed by atoms with Crippen LogP contribution in [0.15, 0.2) is 24.4 Å². The van der Waals surface area contributed by atoms with Gasteiger partial charge in [-0.2, -0.15) is 5.10 Å². The molecule has 2 aromatic rings. The Balaban J connectivity index is 2.65. The van der Waals surface area contributed by atoms with Gasteiger partial charge in [-0.3, -0.25) is 4.68 Å². The summed E-state index contributed by atoms with van der Waals surface area (Å²) in [5.74, 6) is 0. The minimum absolute atomic E-state index is 1.14. The molecule has 1 heterocycles. The predicted octanol–water partition coefficient (Wildman–Crippen LogP) is 2.53. The van der Waals surface area contributed by atoms with E-state index in [0.717, 1.165) is 6.42 Å². The first-order chi connectivity index (χ1) is 6.33. The molecule has 13 heavy (non-hydrogen) atoms. The van der Waals surface area contributed by atoms with Crippen LogP contribution in [0.2, 0.25) is 0 Å². The van der Waals surface area contributed by atoms with Crippen molar-refractivity contribution in [2.24, 2.45) is 7.05 Å². The number of para-hydroxylation sites is 1. The molecule has 0 saturated heterocycles. The topological polar surface area (TPSA) is 17.8 Å². The zero-order valence-corrected chi connectivity index (χ0v) is 8.12. The maximum absolute atomic E-state index is 4.26. The molecular weight excluding hydrogens is 160 g/mol. The first-order valence-corrected chi connectivity index (χ1v) is 4.72. The molecule has 0 N–H and O–H groups in total. The minimum atomic E-state index is 1.14. The van der Waals surface area contributed by atoms with Crippen LogP contribution in [0.3, 0.4) is 0 Å². The van der Waals surface area contributed by atoms with Crippen molar-refractivity contribution in [2.75, 3.05) is 0 Å². The summed E-state index contributed by atoms with van der Waals surface area (Å²) in [6, 6.07) is 6.41. The van der Waals surface area contributed by atoms with Crippen molar-refractivity contribution in [3.63, 3.8) is 0 Å². The second kappa shape index (κ2) is 3.21. The van der Waals surface area contributed by atoms with Gasteiger partial charge in [-0.25, -0.2) is 0 Å². The molecule has 0 aliphatic heterocycles. The second-order valence-electron chi connectivity index (χ2n) is 3.37. The number of fused-ring (bicyclic) bond motifs is 1. The first-order valence-electron chi connectivity index (χ1n) is 4.72. The normalized spacial score (nSPS) is 10.9. The van der Waals surface area contributed by atoms with Gasteiger partial charge in [0.1, 0.15) is 0 Å². The van der Waals surface area contributed by atoms with Gasteiger partial charge in [0.2, 0.25) is 0 Å². The van der Waals surface area contributed by atoms with Crippen LogP contribution in [0.25, 0.3) is 10.9 Å². The molecular formula is C11H14N2. The largest absolute Gasteiger partial charge is 0.268 e. The minimum Gasteiger partial charge on any atom is -0.268 e. The Morgan fingerprint density at radius 3 is 3.00 bits per heavy atom. The summed E-state index contributed by atoms with van der Waals surface area (Å²) in [5.41, 5.74) is 2.68. The van der Waals surface area contributed by atoms with Gasteiger partial charge in [-0.15, -0.1) is 0 Å². The molecule has 2 heteroatoms. The molecule has 0 aliphatic carbocycles. The molecule has 0 atom stereocenters. The van der Waals surface area contributed by atoms with Crippen LogP contribution >= 0.6 is 0 Å². The fourth-order valence-electron chi connectivity index (χ4n) is 1.79. The number of nitrogens with zero attached hydrogens (tertiary/aromatic N) is 2. The molecule has 2 rings (SSSR count). The Hall–Kier alpha value is -1.31. The van der Waals surface area contributed by atoms with Crippen molar-refractivity contribution in [3.05, 3.63) is 30.0 Å². The zero-order valence-electron chi connectivity index (χ0n) is 8.12. The Kier molecular flexibility index (Phi) is 2.05. The summed E-state index contributed by atoms with van der Waals surface area (Å²) >= 11 is 0. The number of aromatic nitrogens is 2. The third kappa shape index (κ3) is 1.32. The van der Waals surface area contributed by atoms with Crippen LogP contribution in [0.5, 0.6) is 0 Å². The van der Waals surface area contributed by atoms with Gasteiger partial charge in [0.15, 0.2) is 0 Å². The highest BCUT2D eigenvalue weighted by Gasteiger charge is 2.03. The number of aryl methyl sites for hydroxylation is 2. The van der Waals surface area contributed by atoms with E-state index in [-0.39, 0.29) is 0 Å². The fourth-order valence-corrected chi connectivity index (χ4v) is 1.79. The highest BCUT2D eigenvalue weighted by atomic mass is 15.2. The van der Waals surface area contributed by atoms with Crippen LogP contribution in [0.4, 0.5) is 0 Å². The third-order valence-corrected chi connectivity index (χ3v) is 2.36. The van der Waals surface area contributed by atoms with Crippen LogP contribution in [0.1, 0.15) is 18.9 Å². The highest BCUT2D eigenvalue weighted by Crippen LogP contribution is 2.18. The SMILES string of the molecule is CCCc1cccc2cnn(C)c12. The Morgan fingerprint density at radius 2 is 2.23 bits per heavy atom. The molecule has 0 bridgehead atoms. The van der Waals surface area contributed by atoms with Gasteiger partial charge in [-0.1, -0.05) is 31.5 Å². The van der Waals surface area contributed by atoms with Crippen LogP contribution in [-0.4, -0.2) is 9.78 Å². The lowest BCUT2D eigenvalue weighted by Gasteiger charge is -2.02. The summed E-state index contributed by atoms with van der Waals surface area (Å²) in [6.45, 7) is 2.20. The Bertz CT molecular complexity index is 415. The molecule has 1 aromatic heterocycles. The average Bonchev–Trinajstić information content (AvgIpc) is 2.50. The van der Waals surface area contributed by atoms with E-state index in [2.05, 4.69) is 30.2 Å². The summed E-state index contributed by atoms with van der Waals surface area (Å²) in [7, 11) is 2.00. The second-order valence-corrected chi connectivity index (χ2v) is 3.37. The van der Waals surface area contributed by atoms with Crippen LogP contribution < -0.4 is 0 Å². The smallest absolute Gasteiger partial charge is 0.0711 e. The average molecular weight is 174 g/mol. The molecule has 0 fully saturated rings. The molecule has 2 nitrogen and oxygen atoms in total. The molecule has 0 spiro atoms. The monoisotopic (exact) mass is 174 g/mol. The summed E-state index contributed by atoms with van der Waals surface area (Å²) in [4.78, 5) is 0. The maximum Gasteiger partial charge on any atom is 0.0711 e. The quantitative estimate of drug-likeness (QED) is 0.684. The number of benzene rings is 1. The van der Waals surface area contributed by atoms with Gasteiger partial charge >= 0.3 is 0 Å². The van der Waals surface area contributed by atoms with Crippen molar-refractivity contribution in [3.8, 4) is 0 Å². The standard InChI is InChI=1S/C11H14N2/c1-3-5-9-6-4-7-10-8-12-13(2)11(9)10/h4,6-8H,3,5H2,1-2H3. The van der Waals surface area contributed by atoms with E-state index in [9.17, 15) is 0 Å². The van der Waals surface area contributed by atoms with E-state index in [1.54, 1.807) is 0 Å². The summed E-state index contributed by atoms with van der Waals surface area (Å²) < 4.78 is 1.96. The molecule has 0 unspecified atom stereocenters. The highest BCUT2D eigenvalue weighted by molar-refractivity contribution is 5.81. The lowest BCUT2D eigenvalue weighted by molar-refractivity contribution is 0.788. The van der Waals surface area contributed by atoms with Crippen molar-refractivity contribution in [1.29, 1.82) is 0 Å². The van der Waals surface area contributed by atoms with E-state index in [4.69, 9.17) is 0 Å². The van der Waals surface area contributed by atoms with Gasteiger partial charge in [0, 0.05) is 12.4 Å². The first kappa shape index (κ1) is 8.30. The molecule has 0 radical (unpaired) electrons. The molecule has 1 aromatic carbocycles. The molecule has 0 saturated carbocycles. The molecule has 68 valence electrons.